The van der Waals surface area contributed by atoms with E-state index in [1.807, 2.05) is 11.9 Å². The van der Waals surface area contributed by atoms with Gasteiger partial charge in [0, 0.05) is 6.54 Å². The molecule has 0 aliphatic heterocycles. The normalized spacial score (nSPS) is 10.6. The molecular formula is C11H14FNO. The lowest BCUT2D eigenvalue weighted by molar-refractivity contribution is -0.117. The van der Waals surface area contributed by atoms with Gasteiger partial charge >= 0.3 is 0 Å². The van der Waals surface area contributed by atoms with Gasteiger partial charge in [-0.1, -0.05) is 12.1 Å². The topological polar surface area (TPSA) is 20.3 Å². The minimum atomic E-state index is -0.233. The average Bonchev–Trinajstić information content (AvgIpc) is 2.07. The summed E-state index contributed by atoms with van der Waals surface area (Å²) in [7, 11) is 1.87. The third-order valence-electron chi connectivity index (χ3n) is 1.86. The Kier molecular flexibility index (Phi) is 3.77. The van der Waals surface area contributed by atoms with Crippen molar-refractivity contribution in [3.63, 3.8) is 0 Å². The van der Waals surface area contributed by atoms with Gasteiger partial charge in [-0.2, -0.15) is 0 Å². The minimum absolute atomic E-state index is 0.134. The smallest absolute Gasteiger partial charge is 0.143 e. The number of carbonyl (C=O) groups excluding carboxylic acids is 1. The molecule has 0 saturated heterocycles. The van der Waals surface area contributed by atoms with Crippen LogP contribution in [0.2, 0.25) is 0 Å². The fourth-order valence-electron chi connectivity index (χ4n) is 1.34. The van der Waals surface area contributed by atoms with Crippen LogP contribution in [-0.2, 0) is 11.3 Å². The summed E-state index contributed by atoms with van der Waals surface area (Å²) in [4.78, 5) is 12.7. The summed E-state index contributed by atoms with van der Waals surface area (Å²) in [5, 5.41) is 0. The van der Waals surface area contributed by atoms with Crippen LogP contribution < -0.4 is 0 Å². The summed E-state index contributed by atoms with van der Waals surface area (Å²) < 4.78 is 12.6. The second kappa shape index (κ2) is 4.86. The molecule has 76 valence electrons. The van der Waals surface area contributed by atoms with E-state index in [9.17, 15) is 9.18 Å². The standard InChI is InChI=1S/C11H14FNO/c1-9(14)7-13(2)8-10-3-5-11(12)6-4-10/h3-6H,7-8H2,1-2H3. The largest absolute Gasteiger partial charge is 0.299 e. The van der Waals surface area contributed by atoms with Crippen molar-refractivity contribution >= 4 is 5.78 Å². The molecule has 0 saturated carbocycles. The highest BCUT2D eigenvalue weighted by Crippen LogP contribution is 2.05. The molecule has 0 unspecified atom stereocenters. The SMILES string of the molecule is CC(=O)CN(C)Cc1ccc(F)cc1. The molecule has 1 aromatic carbocycles. The zero-order chi connectivity index (χ0) is 10.6. The molecule has 0 aliphatic carbocycles. The lowest BCUT2D eigenvalue weighted by Gasteiger charge is -2.14. The van der Waals surface area contributed by atoms with Gasteiger partial charge in [0.15, 0.2) is 0 Å². The van der Waals surface area contributed by atoms with Crippen LogP contribution in [0, 0.1) is 5.82 Å². The van der Waals surface area contributed by atoms with Crippen LogP contribution in [0.15, 0.2) is 24.3 Å². The Morgan fingerprint density at radius 2 is 1.93 bits per heavy atom. The second-order valence-corrected chi connectivity index (χ2v) is 3.50. The number of carbonyl (C=O) groups is 1. The van der Waals surface area contributed by atoms with E-state index < -0.39 is 0 Å². The number of hydrogen-bond acceptors (Lipinski definition) is 2. The molecule has 0 heterocycles. The van der Waals surface area contributed by atoms with E-state index in [1.165, 1.54) is 12.1 Å². The van der Waals surface area contributed by atoms with Crippen LogP contribution in [0.3, 0.4) is 0 Å². The number of Topliss-reactive ketones (excluding diaryl/α,β-unsaturated/α-hetero) is 1. The van der Waals surface area contributed by atoms with Crippen molar-refractivity contribution in [1.29, 1.82) is 0 Å². The predicted molar refractivity (Wildman–Crippen MR) is 53.4 cm³/mol. The monoisotopic (exact) mass is 195 g/mol. The van der Waals surface area contributed by atoms with Crippen molar-refractivity contribution in [2.24, 2.45) is 0 Å². The van der Waals surface area contributed by atoms with E-state index in [-0.39, 0.29) is 11.6 Å². The molecule has 0 atom stereocenters. The van der Waals surface area contributed by atoms with Gasteiger partial charge in [-0.15, -0.1) is 0 Å². The van der Waals surface area contributed by atoms with Gasteiger partial charge < -0.3 is 0 Å². The number of rotatable bonds is 4. The number of ketones is 1. The first-order valence-corrected chi connectivity index (χ1v) is 4.50. The maximum Gasteiger partial charge on any atom is 0.143 e. The number of hydrogen-bond donors (Lipinski definition) is 0. The van der Waals surface area contributed by atoms with Crippen molar-refractivity contribution in [3.8, 4) is 0 Å². The molecule has 2 nitrogen and oxygen atoms in total. The third kappa shape index (κ3) is 3.66. The zero-order valence-corrected chi connectivity index (χ0v) is 8.46. The summed E-state index contributed by atoms with van der Waals surface area (Å²) in [6.07, 6.45) is 0. The summed E-state index contributed by atoms with van der Waals surface area (Å²) in [5.74, 6) is -0.0995. The first-order valence-electron chi connectivity index (χ1n) is 4.50. The minimum Gasteiger partial charge on any atom is -0.299 e. The average molecular weight is 195 g/mol. The Balaban J connectivity index is 2.51. The predicted octanol–water partition coefficient (Wildman–Crippen LogP) is 1.85. The maximum atomic E-state index is 12.6. The highest BCUT2D eigenvalue weighted by atomic mass is 19.1. The second-order valence-electron chi connectivity index (χ2n) is 3.50. The first-order chi connectivity index (χ1) is 6.58. The number of nitrogens with zero attached hydrogens (tertiary/aromatic N) is 1. The Labute approximate surface area is 83.3 Å². The van der Waals surface area contributed by atoms with Crippen molar-refractivity contribution in [2.45, 2.75) is 13.5 Å². The molecular weight excluding hydrogens is 181 g/mol. The van der Waals surface area contributed by atoms with Gasteiger partial charge in [0.25, 0.3) is 0 Å². The van der Waals surface area contributed by atoms with E-state index in [4.69, 9.17) is 0 Å². The summed E-state index contributed by atoms with van der Waals surface area (Å²) >= 11 is 0. The Morgan fingerprint density at radius 1 is 1.36 bits per heavy atom. The summed E-state index contributed by atoms with van der Waals surface area (Å²) in [6.45, 7) is 2.65. The van der Waals surface area contributed by atoms with Crippen molar-refractivity contribution < 1.29 is 9.18 Å². The molecule has 0 fully saturated rings. The summed E-state index contributed by atoms with van der Waals surface area (Å²) in [6, 6.07) is 6.31. The quantitative estimate of drug-likeness (QED) is 0.730. The van der Waals surface area contributed by atoms with E-state index in [0.717, 1.165) is 5.56 Å². The molecule has 0 N–H and O–H groups in total. The molecule has 1 rings (SSSR count). The lowest BCUT2D eigenvalue weighted by Crippen LogP contribution is -2.23. The number of likely N-dealkylation sites (N-methyl/N-ethyl adjacent to an activating group) is 1. The van der Waals surface area contributed by atoms with Crippen molar-refractivity contribution in [2.75, 3.05) is 13.6 Å². The molecule has 14 heavy (non-hydrogen) atoms. The number of halogens is 1. The third-order valence-corrected chi connectivity index (χ3v) is 1.86. The van der Waals surface area contributed by atoms with Gasteiger partial charge in [0.2, 0.25) is 0 Å². The van der Waals surface area contributed by atoms with E-state index in [2.05, 4.69) is 0 Å². The van der Waals surface area contributed by atoms with Crippen molar-refractivity contribution in [3.05, 3.63) is 35.6 Å². The van der Waals surface area contributed by atoms with E-state index >= 15 is 0 Å². The van der Waals surface area contributed by atoms with Crippen LogP contribution >= 0.6 is 0 Å². The Bertz CT molecular complexity index is 308. The molecule has 0 spiro atoms. The summed E-state index contributed by atoms with van der Waals surface area (Å²) in [5.41, 5.74) is 1.01. The van der Waals surface area contributed by atoms with Gasteiger partial charge in [0.05, 0.1) is 6.54 Å². The highest BCUT2D eigenvalue weighted by Gasteiger charge is 2.02. The first kappa shape index (κ1) is 10.9. The maximum absolute atomic E-state index is 12.6. The molecule has 1 aromatic rings. The van der Waals surface area contributed by atoms with E-state index in [1.54, 1.807) is 19.1 Å². The van der Waals surface area contributed by atoms with Gasteiger partial charge in [-0.05, 0) is 31.7 Å². The van der Waals surface area contributed by atoms with Crippen molar-refractivity contribution in [1.82, 2.24) is 4.90 Å². The lowest BCUT2D eigenvalue weighted by atomic mass is 10.2. The fraction of sp³-hybridized carbons (Fsp3) is 0.364. The van der Waals surface area contributed by atoms with Gasteiger partial charge in [-0.3, -0.25) is 9.69 Å². The number of benzene rings is 1. The zero-order valence-electron chi connectivity index (χ0n) is 8.46. The highest BCUT2D eigenvalue weighted by molar-refractivity contribution is 5.77. The van der Waals surface area contributed by atoms with Crippen LogP contribution in [0.1, 0.15) is 12.5 Å². The van der Waals surface area contributed by atoms with E-state index in [0.29, 0.717) is 13.1 Å². The van der Waals surface area contributed by atoms with Gasteiger partial charge in [-0.25, -0.2) is 4.39 Å². The van der Waals surface area contributed by atoms with Gasteiger partial charge in [0.1, 0.15) is 11.6 Å². The molecule has 3 heteroatoms. The molecule has 0 bridgehead atoms. The van der Waals surface area contributed by atoms with Crippen LogP contribution in [0.4, 0.5) is 4.39 Å². The molecule has 0 aliphatic rings. The van der Waals surface area contributed by atoms with Crippen LogP contribution in [0.5, 0.6) is 0 Å². The molecule has 0 aromatic heterocycles. The Morgan fingerprint density at radius 3 is 2.43 bits per heavy atom. The molecule has 0 amide bonds. The fourth-order valence-corrected chi connectivity index (χ4v) is 1.34. The molecule has 0 radical (unpaired) electrons. The van der Waals surface area contributed by atoms with Crippen LogP contribution in [0.25, 0.3) is 0 Å². The Hall–Kier alpha value is -1.22. The van der Waals surface area contributed by atoms with Crippen LogP contribution in [-0.4, -0.2) is 24.3 Å².